The van der Waals surface area contributed by atoms with E-state index in [0.29, 0.717) is 5.89 Å². The maximum atomic E-state index is 5.60. The Morgan fingerprint density at radius 2 is 1.84 bits per heavy atom. The standard InChI is InChI=1S/C20H20N4O/c1-23(2)12-17-13-25-20(22-17)16-9-7-15(8-10-16)11-24-14-21-18-5-3-4-6-19(18)24/h3-10,13-14H,11-12H2,1-2H3. The van der Waals surface area contributed by atoms with Crippen molar-refractivity contribution in [3.05, 3.63) is 72.4 Å². The SMILES string of the molecule is CN(C)Cc1coc(-c2ccc(Cn3cnc4ccccc43)cc2)n1. The highest BCUT2D eigenvalue weighted by Gasteiger charge is 2.08. The van der Waals surface area contributed by atoms with Crippen LogP contribution in [0.3, 0.4) is 0 Å². The Bertz CT molecular complexity index is 982. The summed E-state index contributed by atoms with van der Waals surface area (Å²) in [6.07, 6.45) is 3.61. The summed E-state index contributed by atoms with van der Waals surface area (Å²) in [6, 6.07) is 16.5. The van der Waals surface area contributed by atoms with Crippen molar-refractivity contribution in [3.8, 4) is 11.5 Å². The summed E-state index contributed by atoms with van der Waals surface area (Å²) < 4.78 is 7.76. The van der Waals surface area contributed by atoms with Crippen LogP contribution in [0.4, 0.5) is 0 Å². The molecule has 0 unspecified atom stereocenters. The zero-order chi connectivity index (χ0) is 17.2. The molecular formula is C20H20N4O. The molecule has 0 radical (unpaired) electrons. The Balaban J connectivity index is 1.53. The summed E-state index contributed by atoms with van der Waals surface area (Å²) in [6.45, 7) is 1.56. The van der Waals surface area contributed by atoms with Crippen LogP contribution in [0.1, 0.15) is 11.3 Å². The summed E-state index contributed by atoms with van der Waals surface area (Å²) in [7, 11) is 4.03. The van der Waals surface area contributed by atoms with Crippen LogP contribution < -0.4 is 0 Å². The minimum Gasteiger partial charge on any atom is -0.444 e. The number of hydrogen-bond donors (Lipinski definition) is 0. The Morgan fingerprint density at radius 3 is 2.64 bits per heavy atom. The minimum absolute atomic E-state index is 0.663. The van der Waals surface area contributed by atoms with E-state index in [1.807, 2.05) is 38.6 Å². The zero-order valence-electron chi connectivity index (χ0n) is 14.4. The number of oxazole rings is 1. The molecule has 0 aliphatic carbocycles. The molecule has 5 heteroatoms. The van der Waals surface area contributed by atoms with Gasteiger partial charge in [-0.15, -0.1) is 0 Å². The quantitative estimate of drug-likeness (QED) is 0.558. The van der Waals surface area contributed by atoms with E-state index in [9.17, 15) is 0 Å². The van der Waals surface area contributed by atoms with Gasteiger partial charge < -0.3 is 13.9 Å². The van der Waals surface area contributed by atoms with E-state index in [-0.39, 0.29) is 0 Å². The molecular weight excluding hydrogens is 312 g/mol. The minimum atomic E-state index is 0.663. The van der Waals surface area contributed by atoms with Gasteiger partial charge in [0.25, 0.3) is 0 Å². The Kier molecular flexibility index (Phi) is 4.07. The summed E-state index contributed by atoms with van der Waals surface area (Å²) in [5.41, 5.74) is 5.31. The van der Waals surface area contributed by atoms with Crippen LogP contribution in [0.2, 0.25) is 0 Å². The Labute approximate surface area is 146 Å². The smallest absolute Gasteiger partial charge is 0.226 e. The molecule has 0 N–H and O–H groups in total. The van der Waals surface area contributed by atoms with Gasteiger partial charge in [-0.25, -0.2) is 9.97 Å². The molecule has 2 heterocycles. The lowest BCUT2D eigenvalue weighted by Crippen LogP contribution is -2.10. The number of aromatic nitrogens is 3. The molecule has 0 fully saturated rings. The molecule has 4 rings (SSSR count). The monoisotopic (exact) mass is 332 g/mol. The van der Waals surface area contributed by atoms with Gasteiger partial charge in [-0.1, -0.05) is 24.3 Å². The largest absolute Gasteiger partial charge is 0.444 e. The third-order valence-corrected chi connectivity index (χ3v) is 4.11. The second-order valence-electron chi connectivity index (χ2n) is 6.44. The van der Waals surface area contributed by atoms with E-state index in [0.717, 1.165) is 35.4 Å². The molecule has 0 amide bonds. The number of imidazole rings is 1. The Morgan fingerprint density at radius 1 is 1.04 bits per heavy atom. The van der Waals surface area contributed by atoms with Crippen LogP contribution in [-0.4, -0.2) is 33.5 Å². The van der Waals surface area contributed by atoms with E-state index >= 15 is 0 Å². The molecule has 0 bridgehead atoms. The number of nitrogens with zero attached hydrogens (tertiary/aromatic N) is 4. The maximum absolute atomic E-state index is 5.60. The van der Waals surface area contributed by atoms with Crippen LogP contribution in [0.5, 0.6) is 0 Å². The topological polar surface area (TPSA) is 47.1 Å². The lowest BCUT2D eigenvalue weighted by atomic mass is 10.1. The van der Waals surface area contributed by atoms with E-state index < -0.39 is 0 Å². The fourth-order valence-electron chi connectivity index (χ4n) is 2.92. The fraction of sp³-hybridized carbons (Fsp3) is 0.200. The highest BCUT2D eigenvalue weighted by molar-refractivity contribution is 5.75. The number of fused-ring (bicyclic) bond motifs is 1. The van der Waals surface area contributed by atoms with E-state index in [2.05, 4.69) is 49.8 Å². The van der Waals surface area contributed by atoms with Crippen LogP contribution in [0.25, 0.3) is 22.5 Å². The lowest BCUT2D eigenvalue weighted by Gasteiger charge is -2.05. The first-order valence-electron chi connectivity index (χ1n) is 8.27. The van der Waals surface area contributed by atoms with Gasteiger partial charge >= 0.3 is 0 Å². The summed E-state index contributed by atoms with van der Waals surface area (Å²) in [4.78, 5) is 11.1. The van der Waals surface area contributed by atoms with Gasteiger partial charge in [-0.05, 0) is 43.9 Å². The van der Waals surface area contributed by atoms with Gasteiger partial charge in [0.2, 0.25) is 5.89 Å². The Hall–Kier alpha value is -2.92. The highest BCUT2D eigenvalue weighted by atomic mass is 16.3. The van der Waals surface area contributed by atoms with Crippen molar-refractivity contribution in [1.29, 1.82) is 0 Å². The molecule has 0 aliphatic rings. The van der Waals surface area contributed by atoms with Crippen LogP contribution in [0.15, 0.2) is 65.5 Å². The molecule has 126 valence electrons. The average Bonchev–Trinajstić information content (AvgIpc) is 3.23. The number of rotatable bonds is 5. The van der Waals surface area contributed by atoms with Gasteiger partial charge in [0, 0.05) is 18.7 Å². The second-order valence-corrected chi connectivity index (χ2v) is 6.44. The normalized spacial score (nSPS) is 11.5. The zero-order valence-corrected chi connectivity index (χ0v) is 14.4. The third kappa shape index (κ3) is 3.32. The third-order valence-electron chi connectivity index (χ3n) is 4.11. The first-order valence-corrected chi connectivity index (χ1v) is 8.27. The summed E-state index contributed by atoms with van der Waals surface area (Å²) >= 11 is 0. The van der Waals surface area contributed by atoms with E-state index in [1.165, 1.54) is 5.56 Å². The molecule has 0 atom stereocenters. The first-order chi connectivity index (χ1) is 12.2. The van der Waals surface area contributed by atoms with Gasteiger partial charge in [0.1, 0.15) is 6.26 Å². The molecule has 0 aliphatic heterocycles. The molecule has 2 aromatic heterocycles. The molecule has 25 heavy (non-hydrogen) atoms. The van der Waals surface area contributed by atoms with Gasteiger partial charge in [0.05, 0.1) is 23.1 Å². The van der Waals surface area contributed by atoms with Gasteiger partial charge in [-0.2, -0.15) is 0 Å². The second kappa shape index (κ2) is 6.53. The summed E-state index contributed by atoms with van der Waals surface area (Å²) in [5, 5.41) is 0. The van der Waals surface area contributed by atoms with Crippen molar-refractivity contribution in [1.82, 2.24) is 19.4 Å². The number of hydrogen-bond acceptors (Lipinski definition) is 4. The van der Waals surface area contributed by atoms with Gasteiger partial charge in [-0.3, -0.25) is 0 Å². The van der Waals surface area contributed by atoms with Crippen LogP contribution in [0, 0.1) is 0 Å². The maximum Gasteiger partial charge on any atom is 0.226 e. The van der Waals surface area contributed by atoms with Crippen molar-refractivity contribution in [2.75, 3.05) is 14.1 Å². The molecule has 0 spiro atoms. The van der Waals surface area contributed by atoms with Crippen molar-refractivity contribution in [2.45, 2.75) is 13.1 Å². The summed E-state index contributed by atoms with van der Waals surface area (Å²) in [5.74, 6) is 0.663. The molecule has 2 aromatic carbocycles. The number of benzene rings is 2. The molecule has 4 aromatic rings. The van der Waals surface area contributed by atoms with Crippen LogP contribution in [-0.2, 0) is 13.1 Å². The van der Waals surface area contributed by atoms with E-state index in [1.54, 1.807) is 6.26 Å². The first kappa shape index (κ1) is 15.6. The average molecular weight is 332 g/mol. The van der Waals surface area contributed by atoms with Gasteiger partial charge in [0.15, 0.2) is 0 Å². The molecule has 0 saturated carbocycles. The lowest BCUT2D eigenvalue weighted by molar-refractivity contribution is 0.396. The van der Waals surface area contributed by atoms with Crippen LogP contribution >= 0.6 is 0 Å². The fourth-order valence-corrected chi connectivity index (χ4v) is 2.92. The number of para-hydroxylation sites is 2. The molecule has 0 saturated heterocycles. The predicted molar refractivity (Wildman–Crippen MR) is 98.2 cm³/mol. The van der Waals surface area contributed by atoms with Crippen molar-refractivity contribution in [2.24, 2.45) is 0 Å². The van der Waals surface area contributed by atoms with E-state index in [4.69, 9.17) is 4.42 Å². The van der Waals surface area contributed by atoms with Crippen molar-refractivity contribution in [3.63, 3.8) is 0 Å². The predicted octanol–water partition coefficient (Wildman–Crippen LogP) is 3.80. The molecule has 5 nitrogen and oxygen atoms in total. The highest BCUT2D eigenvalue weighted by Crippen LogP contribution is 2.21. The van der Waals surface area contributed by atoms with Crippen molar-refractivity contribution < 1.29 is 4.42 Å². The van der Waals surface area contributed by atoms with Crippen molar-refractivity contribution >= 4 is 11.0 Å².